The first-order valence-electron chi connectivity index (χ1n) is 12.3. The summed E-state index contributed by atoms with van der Waals surface area (Å²) >= 11 is 7.50. The fraction of sp³-hybridized carbons (Fsp3) is 0.286. The first kappa shape index (κ1) is 27.0. The van der Waals surface area contributed by atoms with Crippen LogP contribution in [0.1, 0.15) is 64.1 Å². The van der Waals surface area contributed by atoms with Crippen LogP contribution in [0.4, 0.5) is 8.78 Å². The molecule has 39 heavy (non-hydrogen) atoms. The van der Waals surface area contributed by atoms with E-state index in [1.165, 1.54) is 24.5 Å². The molecule has 11 heteroatoms. The van der Waals surface area contributed by atoms with Crippen LogP contribution in [0.3, 0.4) is 0 Å². The third kappa shape index (κ3) is 5.31. The number of benzene rings is 2. The zero-order valence-corrected chi connectivity index (χ0v) is 22.4. The fourth-order valence-corrected chi connectivity index (χ4v) is 6.12. The zero-order valence-electron chi connectivity index (χ0n) is 20.8. The first-order chi connectivity index (χ1) is 18.8. The molecule has 5 rings (SSSR count). The van der Waals surface area contributed by atoms with E-state index in [0.29, 0.717) is 34.9 Å². The number of esters is 1. The number of hydrogen-bond acceptors (Lipinski definition) is 7. The van der Waals surface area contributed by atoms with Crippen LogP contribution in [-0.2, 0) is 9.53 Å². The maximum atomic E-state index is 14.4. The summed E-state index contributed by atoms with van der Waals surface area (Å²) in [5, 5.41) is 15.3. The van der Waals surface area contributed by atoms with Crippen LogP contribution in [0.25, 0.3) is 0 Å². The second-order valence-corrected chi connectivity index (χ2v) is 10.7. The summed E-state index contributed by atoms with van der Waals surface area (Å²) in [4.78, 5) is 33.2. The smallest absolute Gasteiger partial charge is 0.337 e. The molecule has 2 N–H and O–H groups in total. The van der Waals surface area contributed by atoms with Crippen LogP contribution in [0.2, 0.25) is 5.02 Å². The Hall–Kier alpha value is -3.63. The standard InChI is InChI=1S/C28H24ClF2N3O4S/c1-38-28(37)17-8-4-15(5-9-17)14-2-6-16(7-3-14)23-20(27(35)36)24(18-10-11-19(30)22(31)21(18)29)34-25(33-23)26-32-12-13-39-26/h4-5,8-14,16,24H,2-3,6-7H2,1H3,(H,33,34)(H,35,36). The molecule has 1 aromatic heterocycles. The molecule has 0 saturated heterocycles. The normalized spacial score (nSPS) is 21.2. The summed E-state index contributed by atoms with van der Waals surface area (Å²) in [6.45, 7) is 0. The molecule has 1 aliphatic carbocycles. The number of halogens is 3. The van der Waals surface area contributed by atoms with Crippen LogP contribution in [0, 0.1) is 17.6 Å². The number of carboxylic acid groups (broad SMARTS) is 1. The van der Waals surface area contributed by atoms with Gasteiger partial charge in [-0.25, -0.2) is 23.4 Å². The number of amidine groups is 1. The van der Waals surface area contributed by atoms with Crippen molar-refractivity contribution in [3.05, 3.63) is 97.6 Å². The van der Waals surface area contributed by atoms with Gasteiger partial charge < -0.3 is 15.2 Å². The molecule has 1 fully saturated rings. The average molecular weight is 572 g/mol. The molecule has 0 bridgehead atoms. The van der Waals surface area contributed by atoms with E-state index in [2.05, 4.69) is 15.3 Å². The number of nitrogens with zero attached hydrogens (tertiary/aromatic N) is 2. The topological polar surface area (TPSA) is 101 Å². The molecule has 1 atom stereocenters. The van der Waals surface area contributed by atoms with Crippen molar-refractivity contribution in [2.75, 3.05) is 7.11 Å². The van der Waals surface area contributed by atoms with Gasteiger partial charge in [0, 0.05) is 22.8 Å². The van der Waals surface area contributed by atoms with Gasteiger partial charge in [-0.2, -0.15) is 0 Å². The molecule has 2 aliphatic rings. The highest BCUT2D eigenvalue weighted by Gasteiger charge is 2.38. The highest BCUT2D eigenvalue weighted by molar-refractivity contribution is 7.11. The van der Waals surface area contributed by atoms with Crippen molar-refractivity contribution in [1.82, 2.24) is 10.3 Å². The van der Waals surface area contributed by atoms with Crippen LogP contribution in [0.15, 0.2) is 64.2 Å². The van der Waals surface area contributed by atoms with Gasteiger partial charge in [-0.05, 0) is 61.3 Å². The highest BCUT2D eigenvalue weighted by atomic mass is 35.5. The summed E-state index contributed by atoms with van der Waals surface area (Å²) < 4.78 is 33.0. The molecule has 1 saturated carbocycles. The summed E-state index contributed by atoms with van der Waals surface area (Å²) in [6.07, 6.45) is 4.57. The van der Waals surface area contributed by atoms with E-state index in [4.69, 9.17) is 16.3 Å². The summed E-state index contributed by atoms with van der Waals surface area (Å²) in [6, 6.07) is 8.38. The molecule has 1 unspecified atom stereocenters. The molecule has 3 aromatic rings. The molecule has 2 heterocycles. The lowest BCUT2D eigenvalue weighted by molar-refractivity contribution is -0.133. The molecule has 0 spiro atoms. The van der Waals surface area contributed by atoms with Gasteiger partial charge in [-0.15, -0.1) is 11.3 Å². The minimum Gasteiger partial charge on any atom is -0.478 e. The molecule has 0 amide bonds. The van der Waals surface area contributed by atoms with E-state index in [9.17, 15) is 23.5 Å². The van der Waals surface area contributed by atoms with Gasteiger partial charge in [0.2, 0.25) is 0 Å². The van der Waals surface area contributed by atoms with Gasteiger partial charge >= 0.3 is 11.9 Å². The van der Waals surface area contributed by atoms with Crippen molar-refractivity contribution in [2.45, 2.75) is 37.6 Å². The quantitative estimate of drug-likeness (QED) is 0.267. The highest BCUT2D eigenvalue weighted by Crippen LogP contribution is 2.44. The van der Waals surface area contributed by atoms with E-state index in [1.54, 1.807) is 23.7 Å². The van der Waals surface area contributed by atoms with E-state index >= 15 is 0 Å². The molecule has 202 valence electrons. The number of allylic oxidation sites excluding steroid dienone is 1. The van der Waals surface area contributed by atoms with Crippen LogP contribution >= 0.6 is 22.9 Å². The van der Waals surface area contributed by atoms with Crippen molar-refractivity contribution in [3.63, 3.8) is 0 Å². The van der Waals surface area contributed by atoms with Gasteiger partial charge in [0.05, 0.1) is 23.3 Å². The number of nitrogens with one attached hydrogen (secondary N) is 1. The summed E-state index contributed by atoms with van der Waals surface area (Å²) in [5.74, 6) is -3.52. The van der Waals surface area contributed by atoms with Crippen molar-refractivity contribution in [2.24, 2.45) is 10.9 Å². The number of aromatic nitrogens is 1. The maximum Gasteiger partial charge on any atom is 0.337 e. The minimum absolute atomic E-state index is 0.0471. The minimum atomic E-state index is -1.25. The van der Waals surface area contributed by atoms with Crippen LogP contribution < -0.4 is 5.32 Å². The number of ether oxygens (including phenoxy) is 1. The van der Waals surface area contributed by atoms with Crippen molar-refractivity contribution >= 4 is 40.7 Å². The lowest BCUT2D eigenvalue weighted by Gasteiger charge is -2.35. The number of aliphatic imine (C=N–C) groups is 1. The Morgan fingerprint density at radius 2 is 1.77 bits per heavy atom. The molecular weight excluding hydrogens is 548 g/mol. The predicted molar refractivity (Wildman–Crippen MR) is 143 cm³/mol. The zero-order chi connectivity index (χ0) is 27.7. The van der Waals surface area contributed by atoms with Gasteiger partial charge in [-0.1, -0.05) is 29.8 Å². The number of hydrogen-bond donors (Lipinski definition) is 2. The second-order valence-electron chi connectivity index (χ2n) is 9.40. The SMILES string of the molecule is COC(=O)c1ccc(C2CCC(C3=C(C(=O)O)C(c4ccc(F)c(F)c4Cl)N=C(c4nccs4)N3)CC2)cc1. The summed E-state index contributed by atoms with van der Waals surface area (Å²) in [5.41, 5.74) is 2.08. The Kier molecular flexibility index (Phi) is 7.76. The molecule has 2 aromatic carbocycles. The summed E-state index contributed by atoms with van der Waals surface area (Å²) in [7, 11) is 1.34. The van der Waals surface area contributed by atoms with Crippen molar-refractivity contribution < 1.29 is 28.2 Å². The van der Waals surface area contributed by atoms with E-state index in [0.717, 1.165) is 24.5 Å². The predicted octanol–water partition coefficient (Wildman–Crippen LogP) is 6.27. The largest absolute Gasteiger partial charge is 0.478 e. The lowest BCUT2D eigenvalue weighted by Crippen LogP contribution is -2.37. The number of aliphatic carboxylic acids is 1. The van der Waals surface area contributed by atoms with E-state index in [1.807, 2.05) is 12.1 Å². The van der Waals surface area contributed by atoms with Gasteiger partial charge in [-0.3, -0.25) is 4.99 Å². The Labute approximate surface area is 232 Å². The Morgan fingerprint density at radius 1 is 1.08 bits per heavy atom. The number of rotatable bonds is 6. The van der Waals surface area contributed by atoms with Gasteiger partial charge in [0.1, 0.15) is 6.04 Å². The van der Waals surface area contributed by atoms with Crippen LogP contribution in [-0.4, -0.2) is 35.0 Å². The van der Waals surface area contributed by atoms with Gasteiger partial charge in [0.25, 0.3) is 0 Å². The average Bonchev–Trinajstić information content (AvgIpc) is 3.50. The maximum absolute atomic E-state index is 14.4. The lowest BCUT2D eigenvalue weighted by atomic mass is 9.75. The van der Waals surface area contributed by atoms with Gasteiger partial charge in [0.15, 0.2) is 22.5 Å². The third-order valence-corrected chi connectivity index (χ3v) is 8.40. The monoisotopic (exact) mass is 571 g/mol. The van der Waals surface area contributed by atoms with E-state index in [-0.39, 0.29) is 23.0 Å². The number of carbonyl (C=O) groups excluding carboxylic acids is 1. The number of thiazole rings is 1. The van der Waals surface area contributed by atoms with Crippen molar-refractivity contribution in [1.29, 1.82) is 0 Å². The second kappa shape index (κ2) is 11.2. The molecule has 0 radical (unpaired) electrons. The number of methoxy groups -OCH3 is 1. The molecule has 1 aliphatic heterocycles. The first-order valence-corrected chi connectivity index (χ1v) is 13.6. The number of carbonyl (C=O) groups is 2. The van der Waals surface area contributed by atoms with Crippen LogP contribution in [0.5, 0.6) is 0 Å². The molecule has 7 nitrogen and oxygen atoms in total. The Balaban J connectivity index is 1.47. The van der Waals surface area contributed by atoms with Crippen molar-refractivity contribution in [3.8, 4) is 0 Å². The Morgan fingerprint density at radius 3 is 2.38 bits per heavy atom. The Bertz CT molecular complexity index is 1470. The third-order valence-electron chi connectivity index (χ3n) is 7.24. The van der Waals surface area contributed by atoms with E-state index < -0.39 is 34.6 Å². The molecular formula is C28H24ClF2N3O4S. The number of carboxylic acids is 1. The fourth-order valence-electron chi connectivity index (χ4n) is 5.27.